The van der Waals surface area contributed by atoms with Gasteiger partial charge in [-0.1, -0.05) is 129 Å². The molecule has 11 rings (SSSR count). The van der Waals surface area contributed by atoms with Gasteiger partial charge in [-0.15, -0.1) is 27.7 Å². The summed E-state index contributed by atoms with van der Waals surface area (Å²) in [6.45, 7) is 3.02. The second-order valence-corrected chi connectivity index (χ2v) is 28.6. The molecule has 0 radical (unpaired) electrons. The number of halogens is 12. The molecular weight excluding hydrogens is 1900 g/mol. The Balaban J connectivity index is 0.000000236. The number of benzene rings is 4. The smallest absolute Gasteiger partial charge is 0.280 e. The summed E-state index contributed by atoms with van der Waals surface area (Å²) >= 11 is 45.6. The highest BCUT2D eigenvalue weighted by Gasteiger charge is 2.16. The summed E-state index contributed by atoms with van der Waals surface area (Å²) in [5.41, 5.74) is 12.7. The molecule has 0 unspecified atom stereocenters. The summed E-state index contributed by atoms with van der Waals surface area (Å²) < 4.78 is 19.1. The number of ether oxygens (including phenoxy) is 3. The first kappa shape index (κ1) is 88.1. The molecule has 22 nitrogen and oxygen atoms in total. The van der Waals surface area contributed by atoms with Gasteiger partial charge < -0.3 is 30.6 Å². The Morgan fingerprint density at radius 2 is 0.673 bits per heavy atom. The highest BCUT2D eigenvalue weighted by Crippen LogP contribution is 2.30. The molecule has 0 saturated carbocycles. The molecule has 0 fully saturated rings. The van der Waals surface area contributed by atoms with Crippen molar-refractivity contribution >= 4 is 182 Å². The molecule has 7 heterocycles. The van der Waals surface area contributed by atoms with Crippen molar-refractivity contribution in [2.45, 2.75) is 71.0 Å². The van der Waals surface area contributed by atoms with E-state index in [1.54, 1.807) is 37.2 Å². The lowest BCUT2D eigenvalue weighted by Gasteiger charge is -2.13. The normalized spacial score (nSPS) is 10.2. The molecule has 0 amide bonds. The second kappa shape index (κ2) is 49.3. The second-order valence-electron chi connectivity index (χ2n) is 21.3. The summed E-state index contributed by atoms with van der Waals surface area (Å²) in [5, 5.41) is 33.8. The molecule has 4 aromatic carbocycles. The Kier molecular flexibility index (Phi) is 41.8. The quantitative estimate of drug-likeness (QED) is 0.0195. The van der Waals surface area contributed by atoms with E-state index in [2.05, 4.69) is 190 Å². The molecule has 11 aromatic rings. The third-order valence-electron chi connectivity index (χ3n) is 13.6. The molecule has 0 spiro atoms. The maximum absolute atomic E-state index is 11.9. The van der Waals surface area contributed by atoms with Crippen molar-refractivity contribution in [3.63, 3.8) is 0 Å². The van der Waals surface area contributed by atoms with Crippen LogP contribution >= 0.6 is 170 Å². The van der Waals surface area contributed by atoms with E-state index in [-0.39, 0.29) is 49.1 Å². The monoisotopic (exact) mass is 1960 g/mol. The summed E-state index contributed by atoms with van der Waals surface area (Å²) in [5.74, 6) is 1.07. The summed E-state index contributed by atoms with van der Waals surface area (Å²) in [6, 6.07) is 42.7. The van der Waals surface area contributed by atoms with E-state index in [1.165, 1.54) is 28.7 Å². The molecule has 0 aliphatic rings. The van der Waals surface area contributed by atoms with Crippen molar-refractivity contribution in [1.82, 2.24) is 55.7 Å². The zero-order chi connectivity index (χ0) is 74.3. The van der Waals surface area contributed by atoms with E-state index in [0.29, 0.717) is 86.4 Å². The topological polar surface area (TPSA) is 319 Å². The van der Waals surface area contributed by atoms with Gasteiger partial charge in [-0.2, -0.15) is 0 Å². The number of alkyl halides is 1. The average Bonchev–Trinajstić information content (AvgIpc) is 0.838. The van der Waals surface area contributed by atoms with E-state index in [1.807, 2.05) is 121 Å². The van der Waals surface area contributed by atoms with Gasteiger partial charge in [0, 0.05) is 82.2 Å². The molecule has 9 N–H and O–H groups in total. The van der Waals surface area contributed by atoms with E-state index in [0.717, 1.165) is 87.1 Å². The fourth-order valence-electron chi connectivity index (χ4n) is 8.37. The minimum absolute atomic E-state index is 0. The Morgan fingerprint density at radius 3 is 0.981 bits per heavy atom. The SMILES string of the molecule is Cl.Clc1ccc(CCCBr)cc1.NCc1cccnc1.O=c1[nH][nH]c(=O)c(Br)c1Br.O=c1[nH]nc(OCCCc2ccc(Cl)cc2)c(Br)c1Br.O=c1[nH]nc(OCCCc2ccc(Cl)cc2)c(NCc2cccnc2)c1Br.O=c1[nH]nc(OCCCc2ccc(Cl)cc2)c(NCc2cccnc2)c1Br. The van der Waals surface area contributed by atoms with Crippen molar-refractivity contribution in [1.29, 1.82) is 0 Å². The van der Waals surface area contributed by atoms with Gasteiger partial charge in [0.1, 0.15) is 38.2 Å². The molecule has 104 heavy (non-hydrogen) atoms. The molecule has 0 aliphatic carbocycles. The predicted octanol–water partition coefficient (Wildman–Crippen LogP) is 17.6. The predicted molar refractivity (Wildman–Crippen MR) is 440 cm³/mol. The summed E-state index contributed by atoms with van der Waals surface area (Å²) in [4.78, 5) is 68.4. The van der Waals surface area contributed by atoms with Crippen molar-refractivity contribution in [2.75, 3.05) is 35.8 Å². The van der Waals surface area contributed by atoms with Crippen LogP contribution in [-0.4, -0.2) is 80.9 Å². The van der Waals surface area contributed by atoms with Crippen LogP contribution in [0.1, 0.15) is 64.6 Å². The Bertz CT molecular complexity index is 4460. The van der Waals surface area contributed by atoms with Crippen LogP contribution in [0.2, 0.25) is 20.1 Å². The van der Waals surface area contributed by atoms with Gasteiger partial charge in [-0.25, -0.2) is 15.3 Å². The van der Waals surface area contributed by atoms with Gasteiger partial charge in [0.15, 0.2) is 0 Å². The molecule has 0 atom stereocenters. The van der Waals surface area contributed by atoms with Gasteiger partial charge in [-0.3, -0.25) is 49.1 Å². The number of nitrogens with two attached hydrogens (primary N) is 1. The number of nitrogens with one attached hydrogen (secondary N) is 7. The van der Waals surface area contributed by atoms with E-state index in [4.69, 9.17) is 66.3 Å². The number of hydrogen-bond donors (Lipinski definition) is 8. The van der Waals surface area contributed by atoms with Gasteiger partial charge in [0.25, 0.3) is 39.6 Å². The first-order valence-electron chi connectivity index (χ1n) is 31.2. The molecule has 0 bridgehead atoms. The molecule has 550 valence electrons. The van der Waals surface area contributed by atoms with Crippen LogP contribution in [0.3, 0.4) is 0 Å². The third-order valence-corrected chi connectivity index (χ3v) is 20.8. The van der Waals surface area contributed by atoms with Crippen molar-refractivity contribution in [2.24, 2.45) is 5.73 Å². The van der Waals surface area contributed by atoms with Crippen LogP contribution < -0.4 is 58.4 Å². The first-order valence-corrected chi connectivity index (χ1v) is 38.5. The van der Waals surface area contributed by atoms with Crippen LogP contribution in [0, 0.1) is 0 Å². The Labute approximate surface area is 683 Å². The standard InChI is InChI=1S/2C19H18BrClN4O2.C13H11Br2ClN2O2.C9H10BrCl.C6H8N2.C4H2Br2N2O2.ClH/c2*20-16-17(23-12-14-3-1-9-22-11-14)19(25-24-18(16)26)27-10-2-4-13-5-7-15(21)8-6-13;14-10-11(15)13(18-17-12(10)19)20-7-1-2-8-3-5-9(16)6-4-8;10-7-1-2-8-3-5-9(11)6-4-8;7-4-6-2-1-3-8-5-6;5-1-2(6)4(10)8-7-3(1)9;/h2*1,3,5-9,11H,2,4,10,12H2,(H2,23,24,26);3-6H,1-2,7H2,(H,17,19);3-6H,1-2,7H2;1-3,5H,4,7H2;(H,7,9)(H,8,10);1H. The van der Waals surface area contributed by atoms with Crippen LogP contribution in [0.15, 0.2) is 221 Å². The minimum atomic E-state index is -0.369. The molecule has 7 aromatic heterocycles. The van der Waals surface area contributed by atoms with Gasteiger partial charge in [0.05, 0.1) is 19.8 Å². The van der Waals surface area contributed by atoms with Crippen molar-refractivity contribution < 1.29 is 14.2 Å². The third kappa shape index (κ3) is 32.2. The number of anilines is 2. The van der Waals surface area contributed by atoms with E-state index in [9.17, 15) is 24.0 Å². The lowest BCUT2D eigenvalue weighted by atomic mass is 10.1. The number of aromatic nitrogens is 11. The van der Waals surface area contributed by atoms with E-state index < -0.39 is 0 Å². The Hall–Kier alpha value is -6.58. The van der Waals surface area contributed by atoms with Crippen molar-refractivity contribution in [3.05, 3.63) is 308 Å². The Morgan fingerprint density at radius 1 is 0.375 bits per heavy atom. The van der Waals surface area contributed by atoms with E-state index >= 15 is 0 Å². The maximum atomic E-state index is 11.9. The van der Waals surface area contributed by atoms with Gasteiger partial charge in [-0.05, 0) is 253 Å². The zero-order valence-corrected chi connectivity index (χ0v) is 69.8. The summed E-state index contributed by atoms with van der Waals surface area (Å²) in [7, 11) is 0. The number of rotatable bonds is 25. The highest BCUT2D eigenvalue weighted by molar-refractivity contribution is 9.13. The lowest BCUT2D eigenvalue weighted by molar-refractivity contribution is 0.293. The zero-order valence-electron chi connectivity index (χ0n) is 54.9. The first-order chi connectivity index (χ1) is 49.7. The largest absolute Gasteiger partial charge is 0.476 e. The number of aromatic amines is 5. The van der Waals surface area contributed by atoms with Gasteiger partial charge in [0.2, 0.25) is 5.88 Å². The van der Waals surface area contributed by atoms with Crippen LogP contribution in [-0.2, 0) is 45.3 Å². The minimum Gasteiger partial charge on any atom is -0.476 e. The number of hydrogen-bond acceptors (Lipinski definition) is 17. The number of nitrogens with zero attached hydrogens (tertiary/aromatic N) is 6. The van der Waals surface area contributed by atoms with Crippen LogP contribution in [0.25, 0.3) is 0 Å². The van der Waals surface area contributed by atoms with Gasteiger partial charge >= 0.3 is 0 Å². The average molecular weight is 1970 g/mol. The lowest BCUT2D eigenvalue weighted by Crippen LogP contribution is -2.19. The van der Waals surface area contributed by atoms with Crippen molar-refractivity contribution in [3.8, 4) is 17.6 Å². The molecule has 34 heteroatoms. The van der Waals surface area contributed by atoms with Crippen LogP contribution in [0.4, 0.5) is 11.4 Å². The fraction of sp³-hybridized carbons (Fsp3) is 0.214. The highest BCUT2D eigenvalue weighted by atomic mass is 79.9. The molecular formula is C70H68Br7Cl5N14O8. The molecule has 0 saturated heterocycles. The summed E-state index contributed by atoms with van der Waals surface area (Å²) in [6.07, 6.45) is 17.8. The van der Waals surface area contributed by atoms with Crippen LogP contribution in [0.5, 0.6) is 17.6 Å². The number of pyridine rings is 3. The number of aryl methyl sites for hydroxylation is 4. The number of H-pyrrole nitrogens is 5. The molecule has 0 aliphatic heterocycles. The fourth-order valence-corrected chi connectivity index (χ4v) is 11.2. The maximum Gasteiger partial charge on any atom is 0.280 e.